The largest absolute Gasteiger partial charge is 0.467 e. The van der Waals surface area contributed by atoms with Crippen LogP contribution in [0.15, 0.2) is 57.6 Å². The molecule has 2 aromatic rings. The topological polar surface area (TPSA) is 68.5 Å². The van der Waals surface area contributed by atoms with Crippen molar-refractivity contribution in [2.75, 3.05) is 0 Å². The second-order valence-corrected chi connectivity index (χ2v) is 5.59. The summed E-state index contributed by atoms with van der Waals surface area (Å²) in [6.07, 6.45) is 3.55. The molecular weight excluding hydrogens is 362 g/mol. The van der Waals surface area contributed by atoms with Gasteiger partial charge in [0.1, 0.15) is 5.76 Å². The van der Waals surface area contributed by atoms with E-state index in [-0.39, 0.29) is 12.5 Å². The van der Waals surface area contributed by atoms with E-state index in [1.54, 1.807) is 18.2 Å². The van der Waals surface area contributed by atoms with E-state index in [1.807, 2.05) is 24.3 Å². The van der Waals surface area contributed by atoms with E-state index in [0.29, 0.717) is 5.76 Å². The van der Waals surface area contributed by atoms with Crippen LogP contribution in [0.5, 0.6) is 0 Å². The Kier molecular flexibility index (Phi) is 6.17. The van der Waals surface area contributed by atoms with E-state index < -0.39 is 12.1 Å². The third-order valence-corrected chi connectivity index (χ3v) is 3.71. The molecule has 0 fully saturated rings. The number of rotatable bonds is 6. The summed E-state index contributed by atoms with van der Waals surface area (Å²) in [5.41, 5.74) is 0.847. The fraction of sp³-hybridized carbons (Fsp3) is 0.176. The number of hydrogen-bond donors (Lipinski definition) is 1. The van der Waals surface area contributed by atoms with Crippen molar-refractivity contribution in [1.29, 1.82) is 0 Å². The monoisotopic (exact) mass is 377 g/mol. The lowest BCUT2D eigenvalue weighted by atomic mass is 10.2. The van der Waals surface area contributed by atoms with Crippen LogP contribution in [0.3, 0.4) is 0 Å². The number of carbonyl (C=O) groups excluding carboxylic acids is 2. The highest BCUT2D eigenvalue weighted by atomic mass is 79.9. The van der Waals surface area contributed by atoms with E-state index in [2.05, 4.69) is 21.2 Å². The summed E-state index contributed by atoms with van der Waals surface area (Å²) in [7, 11) is 0. The molecule has 23 heavy (non-hydrogen) atoms. The van der Waals surface area contributed by atoms with Crippen LogP contribution >= 0.6 is 15.9 Å². The summed E-state index contributed by atoms with van der Waals surface area (Å²) >= 11 is 3.38. The van der Waals surface area contributed by atoms with Crippen molar-refractivity contribution in [3.8, 4) is 0 Å². The van der Waals surface area contributed by atoms with Crippen molar-refractivity contribution in [3.63, 3.8) is 0 Å². The third-order valence-electron chi connectivity index (χ3n) is 2.98. The molecule has 2 rings (SSSR count). The van der Waals surface area contributed by atoms with Crippen molar-refractivity contribution in [1.82, 2.24) is 5.32 Å². The molecule has 1 N–H and O–H groups in total. The molecule has 1 amide bonds. The molecule has 0 bridgehead atoms. The Bertz CT molecular complexity index is 694. The van der Waals surface area contributed by atoms with Crippen molar-refractivity contribution in [2.45, 2.75) is 19.6 Å². The molecule has 1 heterocycles. The van der Waals surface area contributed by atoms with Gasteiger partial charge in [0.25, 0.3) is 5.91 Å². The van der Waals surface area contributed by atoms with Crippen molar-refractivity contribution in [3.05, 3.63) is 64.5 Å². The molecule has 0 aliphatic heterocycles. The smallest absolute Gasteiger partial charge is 0.331 e. The zero-order valence-electron chi connectivity index (χ0n) is 12.5. The third kappa shape index (κ3) is 5.41. The number of carbonyl (C=O) groups is 2. The van der Waals surface area contributed by atoms with Crippen LogP contribution in [0.2, 0.25) is 0 Å². The Hall–Kier alpha value is -2.34. The lowest BCUT2D eigenvalue weighted by molar-refractivity contribution is -0.150. The Labute approximate surface area is 142 Å². The lowest BCUT2D eigenvalue weighted by Gasteiger charge is -2.11. The van der Waals surface area contributed by atoms with Gasteiger partial charge in [-0.3, -0.25) is 4.79 Å². The minimum atomic E-state index is -0.888. The van der Waals surface area contributed by atoms with E-state index >= 15 is 0 Å². The van der Waals surface area contributed by atoms with Crippen LogP contribution in [0.25, 0.3) is 6.08 Å². The van der Waals surface area contributed by atoms with Crippen molar-refractivity contribution >= 4 is 33.9 Å². The molecule has 0 spiro atoms. The minimum Gasteiger partial charge on any atom is -0.467 e. The second kappa shape index (κ2) is 8.33. The molecule has 0 unspecified atom stereocenters. The first-order valence-electron chi connectivity index (χ1n) is 6.99. The van der Waals surface area contributed by atoms with Gasteiger partial charge in [-0.1, -0.05) is 34.1 Å². The van der Waals surface area contributed by atoms with Gasteiger partial charge in [-0.05, 0) is 36.8 Å². The molecule has 1 atom stereocenters. The zero-order chi connectivity index (χ0) is 16.7. The molecular formula is C17H16BrNO4. The summed E-state index contributed by atoms with van der Waals surface area (Å²) in [6, 6.07) is 10.9. The molecule has 120 valence electrons. The van der Waals surface area contributed by atoms with Crippen LogP contribution in [0.4, 0.5) is 0 Å². The number of nitrogens with one attached hydrogen (secondary N) is 1. The average molecular weight is 378 g/mol. The van der Waals surface area contributed by atoms with Crippen LogP contribution in [0, 0.1) is 0 Å². The average Bonchev–Trinajstić information content (AvgIpc) is 3.05. The van der Waals surface area contributed by atoms with Gasteiger partial charge in [0.15, 0.2) is 6.10 Å². The predicted octanol–water partition coefficient (Wildman–Crippen LogP) is 3.30. The Morgan fingerprint density at radius 3 is 2.78 bits per heavy atom. The summed E-state index contributed by atoms with van der Waals surface area (Å²) < 4.78 is 11.0. The van der Waals surface area contributed by atoms with Crippen LogP contribution in [-0.2, 0) is 20.9 Å². The Balaban J connectivity index is 1.82. The number of amides is 1. The molecule has 1 aromatic carbocycles. The van der Waals surface area contributed by atoms with Gasteiger partial charge in [0, 0.05) is 10.5 Å². The number of halogens is 1. The molecule has 5 nitrogen and oxygen atoms in total. The first-order chi connectivity index (χ1) is 11.1. The first kappa shape index (κ1) is 17.0. The number of benzene rings is 1. The molecule has 0 saturated heterocycles. The summed E-state index contributed by atoms with van der Waals surface area (Å²) in [6.45, 7) is 1.77. The standard InChI is InChI=1S/C17H16BrNO4/c1-12(17(21)19-11-14-6-4-10-22-14)23-16(20)9-8-13-5-2-3-7-15(13)18/h2-10,12H,11H2,1H3,(H,19,21)/b9-8+/t12-/m0/s1. The summed E-state index contributed by atoms with van der Waals surface area (Å²) in [4.78, 5) is 23.6. The highest BCUT2D eigenvalue weighted by Crippen LogP contribution is 2.17. The molecule has 0 radical (unpaired) electrons. The van der Waals surface area contributed by atoms with Crippen LogP contribution < -0.4 is 5.32 Å². The van der Waals surface area contributed by atoms with Gasteiger partial charge >= 0.3 is 5.97 Å². The fourth-order valence-corrected chi connectivity index (χ4v) is 2.18. The molecule has 1 aromatic heterocycles. The van der Waals surface area contributed by atoms with Gasteiger partial charge in [-0.25, -0.2) is 4.79 Å². The predicted molar refractivity (Wildman–Crippen MR) is 89.3 cm³/mol. The molecule has 6 heteroatoms. The van der Waals surface area contributed by atoms with E-state index in [0.717, 1.165) is 10.0 Å². The molecule has 0 aliphatic carbocycles. The maximum Gasteiger partial charge on any atom is 0.331 e. The first-order valence-corrected chi connectivity index (χ1v) is 7.79. The van der Waals surface area contributed by atoms with Crippen molar-refractivity contribution < 1.29 is 18.7 Å². The maximum absolute atomic E-state index is 11.8. The van der Waals surface area contributed by atoms with Crippen LogP contribution in [-0.4, -0.2) is 18.0 Å². The highest BCUT2D eigenvalue weighted by molar-refractivity contribution is 9.10. The van der Waals surface area contributed by atoms with Gasteiger partial charge in [-0.15, -0.1) is 0 Å². The van der Waals surface area contributed by atoms with Gasteiger partial charge in [0.05, 0.1) is 12.8 Å². The van der Waals surface area contributed by atoms with Crippen LogP contribution in [0.1, 0.15) is 18.2 Å². The zero-order valence-corrected chi connectivity index (χ0v) is 14.1. The summed E-state index contributed by atoms with van der Waals surface area (Å²) in [5.74, 6) is -0.337. The van der Waals surface area contributed by atoms with E-state index in [1.165, 1.54) is 19.3 Å². The lowest BCUT2D eigenvalue weighted by Crippen LogP contribution is -2.35. The maximum atomic E-state index is 11.8. The minimum absolute atomic E-state index is 0.251. The van der Waals surface area contributed by atoms with Crippen molar-refractivity contribution in [2.24, 2.45) is 0 Å². The Morgan fingerprint density at radius 2 is 2.09 bits per heavy atom. The van der Waals surface area contributed by atoms with Gasteiger partial charge in [0.2, 0.25) is 0 Å². The van der Waals surface area contributed by atoms with E-state index in [4.69, 9.17) is 9.15 Å². The molecule has 0 saturated carbocycles. The number of esters is 1. The molecule has 0 aliphatic rings. The SMILES string of the molecule is C[C@H](OC(=O)/C=C/c1ccccc1Br)C(=O)NCc1ccco1. The summed E-state index contributed by atoms with van der Waals surface area (Å²) in [5, 5.41) is 2.63. The fourth-order valence-electron chi connectivity index (χ4n) is 1.77. The number of hydrogen-bond acceptors (Lipinski definition) is 4. The normalized spacial score (nSPS) is 12.1. The second-order valence-electron chi connectivity index (χ2n) is 4.73. The van der Waals surface area contributed by atoms with Gasteiger partial charge in [-0.2, -0.15) is 0 Å². The quantitative estimate of drug-likeness (QED) is 0.619. The Morgan fingerprint density at radius 1 is 1.30 bits per heavy atom. The number of ether oxygens (including phenoxy) is 1. The highest BCUT2D eigenvalue weighted by Gasteiger charge is 2.16. The van der Waals surface area contributed by atoms with E-state index in [9.17, 15) is 9.59 Å². The van der Waals surface area contributed by atoms with Gasteiger partial charge < -0.3 is 14.5 Å². The number of furan rings is 1.